The van der Waals surface area contributed by atoms with Crippen LogP contribution in [-0.4, -0.2) is 62.2 Å². The van der Waals surface area contributed by atoms with E-state index in [2.05, 4.69) is 45.2 Å². The first-order chi connectivity index (χ1) is 12.1. The second-order valence-electron chi connectivity index (χ2n) is 6.48. The summed E-state index contributed by atoms with van der Waals surface area (Å²) in [6, 6.07) is 2.24. The SMILES string of the molecule is CCN1CCN([C@H](c2sccc2C)c2sc3nc(C)nn3c2O)CC1. The summed E-state index contributed by atoms with van der Waals surface area (Å²) in [5, 5.41) is 17.3. The fourth-order valence-corrected chi connectivity index (χ4v) is 5.77. The molecule has 0 aromatic carbocycles. The van der Waals surface area contributed by atoms with Crippen molar-refractivity contribution < 1.29 is 5.11 Å². The van der Waals surface area contributed by atoms with E-state index in [9.17, 15) is 5.11 Å². The number of hydrogen-bond donors (Lipinski definition) is 1. The lowest BCUT2D eigenvalue weighted by Crippen LogP contribution is -2.47. The van der Waals surface area contributed by atoms with Crippen LogP contribution in [0.5, 0.6) is 5.88 Å². The first-order valence-corrected chi connectivity index (χ1v) is 10.3. The highest BCUT2D eigenvalue weighted by Gasteiger charge is 2.32. The average Bonchev–Trinajstić information content (AvgIpc) is 3.27. The molecule has 3 aromatic heterocycles. The van der Waals surface area contributed by atoms with Gasteiger partial charge >= 0.3 is 0 Å². The third-order valence-corrected chi connectivity index (χ3v) is 7.07. The van der Waals surface area contributed by atoms with E-state index in [-0.39, 0.29) is 11.9 Å². The van der Waals surface area contributed by atoms with Crippen LogP contribution in [0.15, 0.2) is 11.4 Å². The summed E-state index contributed by atoms with van der Waals surface area (Å²) in [7, 11) is 0. The van der Waals surface area contributed by atoms with E-state index in [1.54, 1.807) is 27.2 Å². The number of thiophene rings is 1. The van der Waals surface area contributed by atoms with Crippen molar-refractivity contribution in [3.05, 3.63) is 32.6 Å². The predicted octanol–water partition coefficient (Wildman–Crippen LogP) is 2.90. The number of hydrogen-bond acceptors (Lipinski definition) is 7. The van der Waals surface area contributed by atoms with Crippen molar-refractivity contribution in [2.75, 3.05) is 32.7 Å². The Hall–Kier alpha value is -1.48. The molecule has 6 nitrogen and oxygen atoms in total. The molecule has 0 amide bonds. The Labute approximate surface area is 155 Å². The van der Waals surface area contributed by atoms with Crippen LogP contribution in [-0.2, 0) is 0 Å². The van der Waals surface area contributed by atoms with E-state index < -0.39 is 0 Å². The van der Waals surface area contributed by atoms with Gasteiger partial charge in [-0.15, -0.1) is 16.4 Å². The lowest BCUT2D eigenvalue weighted by Gasteiger charge is -2.38. The Morgan fingerprint density at radius 3 is 2.56 bits per heavy atom. The Morgan fingerprint density at radius 2 is 1.96 bits per heavy atom. The van der Waals surface area contributed by atoms with Gasteiger partial charge in [0, 0.05) is 31.1 Å². The van der Waals surface area contributed by atoms with Crippen LogP contribution in [0.2, 0.25) is 0 Å². The minimum Gasteiger partial charge on any atom is -0.492 e. The number of aryl methyl sites for hydroxylation is 2. The van der Waals surface area contributed by atoms with Gasteiger partial charge in [0.2, 0.25) is 10.8 Å². The summed E-state index contributed by atoms with van der Waals surface area (Å²) in [4.78, 5) is 12.4. The Morgan fingerprint density at radius 1 is 1.20 bits per heavy atom. The lowest BCUT2D eigenvalue weighted by molar-refractivity contribution is 0.114. The van der Waals surface area contributed by atoms with Crippen LogP contribution in [0, 0.1) is 13.8 Å². The number of thiazole rings is 1. The summed E-state index contributed by atoms with van der Waals surface area (Å²) in [6.07, 6.45) is 0. The molecule has 0 unspecified atom stereocenters. The van der Waals surface area contributed by atoms with E-state index >= 15 is 0 Å². The molecule has 1 aliphatic rings. The molecular weight excluding hydrogens is 354 g/mol. The Kier molecular flexibility index (Phi) is 4.53. The highest BCUT2D eigenvalue weighted by atomic mass is 32.1. The number of aromatic hydroxyl groups is 1. The molecule has 8 heteroatoms. The van der Waals surface area contributed by atoms with Crippen LogP contribution < -0.4 is 0 Å². The normalized spacial score (nSPS) is 18.2. The third kappa shape index (κ3) is 2.97. The quantitative estimate of drug-likeness (QED) is 0.758. The maximum atomic E-state index is 10.8. The highest BCUT2D eigenvalue weighted by Crippen LogP contribution is 2.42. The van der Waals surface area contributed by atoms with E-state index in [0.717, 1.165) is 42.6 Å². The minimum atomic E-state index is 0.0767. The smallest absolute Gasteiger partial charge is 0.230 e. The fourth-order valence-electron chi connectivity index (χ4n) is 3.48. The Balaban J connectivity index is 1.76. The molecule has 0 spiro atoms. The zero-order chi connectivity index (χ0) is 17.6. The van der Waals surface area contributed by atoms with E-state index in [0.29, 0.717) is 5.82 Å². The van der Waals surface area contributed by atoms with E-state index in [1.165, 1.54) is 10.4 Å². The van der Waals surface area contributed by atoms with Crippen LogP contribution in [0.3, 0.4) is 0 Å². The van der Waals surface area contributed by atoms with Gasteiger partial charge in [-0.25, -0.2) is 4.98 Å². The molecule has 0 aliphatic carbocycles. The molecule has 134 valence electrons. The van der Waals surface area contributed by atoms with E-state index in [4.69, 9.17) is 0 Å². The van der Waals surface area contributed by atoms with Crippen LogP contribution >= 0.6 is 22.7 Å². The number of fused-ring (bicyclic) bond motifs is 1. The second-order valence-corrected chi connectivity index (χ2v) is 8.44. The van der Waals surface area contributed by atoms with Crippen LogP contribution in [0.25, 0.3) is 4.96 Å². The molecule has 1 saturated heterocycles. The van der Waals surface area contributed by atoms with Gasteiger partial charge < -0.3 is 10.0 Å². The molecule has 1 aliphatic heterocycles. The Bertz CT molecular complexity index is 875. The van der Waals surface area contributed by atoms with Crippen LogP contribution in [0.1, 0.15) is 34.1 Å². The maximum absolute atomic E-state index is 10.8. The zero-order valence-corrected chi connectivity index (χ0v) is 16.4. The van der Waals surface area contributed by atoms with Crippen molar-refractivity contribution in [2.45, 2.75) is 26.8 Å². The molecule has 1 atom stereocenters. The molecule has 0 radical (unpaired) electrons. The van der Waals surface area contributed by atoms with Gasteiger partial charge in [-0.2, -0.15) is 4.52 Å². The number of nitrogens with zero attached hydrogens (tertiary/aromatic N) is 5. The summed E-state index contributed by atoms with van der Waals surface area (Å²) in [6.45, 7) is 11.4. The highest BCUT2D eigenvalue weighted by molar-refractivity contribution is 7.17. The first-order valence-electron chi connectivity index (χ1n) is 8.64. The van der Waals surface area contributed by atoms with Crippen LogP contribution in [0.4, 0.5) is 0 Å². The van der Waals surface area contributed by atoms with Gasteiger partial charge in [0.15, 0.2) is 0 Å². The maximum Gasteiger partial charge on any atom is 0.230 e. The van der Waals surface area contributed by atoms with Crippen molar-refractivity contribution in [1.82, 2.24) is 24.4 Å². The van der Waals surface area contributed by atoms with Crippen molar-refractivity contribution in [1.29, 1.82) is 0 Å². The number of piperazine rings is 1. The largest absolute Gasteiger partial charge is 0.492 e. The van der Waals surface area contributed by atoms with Crippen molar-refractivity contribution in [2.24, 2.45) is 0 Å². The summed E-state index contributed by atoms with van der Waals surface area (Å²) >= 11 is 3.32. The molecule has 1 N–H and O–H groups in total. The summed E-state index contributed by atoms with van der Waals surface area (Å²) in [5.74, 6) is 0.921. The van der Waals surface area contributed by atoms with Gasteiger partial charge in [0.05, 0.1) is 10.9 Å². The minimum absolute atomic E-state index is 0.0767. The summed E-state index contributed by atoms with van der Waals surface area (Å²) in [5.41, 5.74) is 1.28. The molecule has 25 heavy (non-hydrogen) atoms. The van der Waals surface area contributed by atoms with Gasteiger partial charge in [-0.3, -0.25) is 4.90 Å². The lowest BCUT2D eigenvalue weighted by atomic mass is 10.1. The van der Waals surface area contributed by atoms with Crippen molar-refractivity contribution in [3.63, 3.8) is 0 Å². The van der Waals surface area contributed by atoms with Gasteiger partial charge in [-0.05, 0) is 37.4 Å². The van der Waals surface area contributed by atoms with Crippen molar-refractivity contribution in [3.8, 4) is 5.88 Å². The molecule has 4 heterocycles. The predicted molar refractivity (Wildman–Crippen MR) is 102 cm³/mol. The zero-order valence-electron chi connectivity index (χ0n) is 14.8. The number of aromatic nitrogens is 3. The third-order valence-electron chi connectivity index (χ3n) is 4.92. The molecule has 1 fully saturated rings. The topological polar surface area (TPSA) is 56.9 Å². The van der Waals surface area contributed by atoms with Gasteiger partial charge in [0.25, 0.3) is 0 Å². The van der Waals surface area contributed by atoms with E-state index in [1.807, 2.05) is 6.92 Å². The molecule has 4 rings (SSSR count). The average molecular weight is 378 g/mol. The van der Waals surface area contributed by atoms with Gasteiger partial charge in [0.1, 0.15) is 5.82 Å². The summed E-state index contributed by atoms with van der Waals surface area (Å²) < 4.78 is 1.58. The number of rotatable bonds is 4. The molecular formula is C17H23N5OS2. The van der Waals surface area contributed by atoms with Gasteiger partial charge in [-0.1, -0.05) is 18.3 Å². The van der Waals surface area contributed by atoms with Crippen molar-refractivity contribution >= 4 is 27.6 Å². The second kappa shape index (κ2) is 6.68. The number of likely N-dealkylation sites (N-methyl/N-ethyl adjacent to an activating group) is 1. The first kappa shape index (κ1) is 17.0. The molecule has 3 aromatic rings. The molecule has 0 bridgehead atoms. The molecule has 0 saturated carbocycles. The standard InChI is InChI=1S/C17H23N5OS2/c1-4-20-6-8-21(9-7-20)13(14-11(2)5-10-24-14)15-16(23)22-17(25-15)18-12(3)19-22/h5,10,13,23H,4,6-9H2,1-3H3/t13-/m1/s1. The fraction of sp³-hybridized carbons (Fsp3) is 0.529. The monoisotopic (exact) mass is 377 g/mol.